The third-order valence-electron chi connectivity index (χ3n) is 4.47. The van der Waals surface area contributed by atoms with Crippen molar-refractivity contribution in [2.75, 3.05) is 26.9 Å². The molecule has 1 aromatic rings. The van der Waals surface area contributed by atoms with Crippen LogP contribution in [0, 0.1) is 0 Å². The van der Waals surface area contributed by atoms with E-state index < -0.39 is 0 Å². The first kappa shape index (κ1) is 14.5. The molecule has 0 radical (unpaired) electrons. The molecule has 0 saturated carbocycles. The molecule has 1 N–H and O–H groups in total. The minimum atomic E-state index is 0.0144. The van der Waals surface area contributed by atoms with E-state index in [1.165, 1.54) is 0 Å². The van der Waals surface area contributed by atoms with E-state index in [-0.39, 0.29) is 11.6 Å². The van der Waals surface area contributed by atoms with E-state index in [1.54, 1.807) is 7.11 Å². The van der Waals surface area contributed by atoms with Gasteiger partial charge >= 0.3 is 0 Å². The van der Waals surface area contributed by atoms with Crippen molar-refractivity contribution < 1.29 is 18.9 Å². The molecule has 21 heavy (non-hydrogen) atoms. The van der Waals surface area contributed by atoms with Gasteiger partial charge in [0.2, 0.25) is 5.75 Å². The van der Waals surface area contributed by atoms with E-state index in [2.05, 4.69) is 19.2 Å². The van der Waals surface area contributed by atoms with Gasteiger partial charge in [-0.25, -0.2) is 0 Å². The molecule has 2 heterocycles. The molecule has 5 heteroatoms. The van der Waals surface area contributed by atoms with Crippen LogP contribution in [-0.4, -0.2) is 38.6 Å². The molecule has 0 spiro atoms. The van der Waals surface area contributed by atoms with Gasteiger partial charge in [0.05, 0.1) is 13.2 Å². The molecule has 0 bridgehead atoms. The minimum Gasteiger partial charge on any atom is -0.493 e. The Morgan fingerprint density at radius 3 is 2.81 bits per heavy atom. The summed E-state index contributed by atoms with van der Waals surface area (Å²) < 4.78 is 22.4. The Kier molecular flexibility index (Phi) is 3.95. The number of rotatable bonds is 4. The predicted octanol–water partition coefficient (Wildman–Crippen LogP) is 2.12. The van der Waals surface area contributed by atoms with Crippen LogP contribution in [0.1, 0.15) is 25.8 Å². The van der Waals surface area contributed by atoms with Gasteiger partial charge < -0.3 is 24.3 Å². The summed E-state index contributed by atoms with van der Waals surface area (Å²) in [5, 5.41) is 3.61. The molecule has 3 rings (SSSR count). The van der Waals surface area contributed by atoms with Crippen LogP contribution in [0.25, 0.3) is 0 Å². The Morgan fingerprint density at radius 2 is 2.10 bits per heavy atom. The molecule has 116 valence electrons. The summed E-state index contributed by atoms with van der Waals surface area (Å²) in [6.07, 6.45) is 1.24. The molecule has 1 saturated heterocycles. The summed E-state index contributed by atoms with van der Waals surface area (Å²) in [6.45, 7) is 7.03. The molecule has 2 unspecified atom stereocenters. The fourth-order valence-corrected chi connectivity index (χ4v) is 2.80. The monoisotopic (exact) mass is 293 g/mol. The Morgan fingerprint density at radius 1 is 1.29 bits per heavy atom. The first-order valence-corrected chi connectivity index (χ1v) is 7.45. The van der Waals surface area contributed by atoms with Crippen molar-refractivity contribution in [3.63, 3.8) is 0 Å². The Labute approximate surface area is 125 Å². The predicted molar refractivity (Wildman–Crippen MR) is 79.3 cm³/mol. The molecule has 0 amide bonds. The average Bonchev–Trinajstić information content (AvgIpc) is 2.84. The highest BCUT2D eigenvalue weighted by molar-refractivity contribution is 5.54. The fourth-order valence-electron chi connectivity index (χ4n) is 2.80. The number of nitrogens with one attached hydrogen (secondary N) is 1. The Balaban J connectivity index is 1.76. The van der Waals surface area contributed by atoms with Crippen LogP contribution in [0.5, 0.6) is 17.2 Å². The van der Waals surface area contributed by atoms with Gasteiger partial charge in [0, 0.05) is 18.7 Å². The second kappa shape index (κ2) is 5.73. The van der Waals surface area contributed by atoms with Crippen molar-refractivity contribution >= 4 is 0 Å². The van der Waals surface area contributed by atoms with Crippen molar-refractivity contribution in [1.82, 2.24) is 5.32 Å². The van der Waals surface area contributed by atoms with Crippen molar-refractivity contribution in [2.24, 2.45) is 0 Å². The van der Waals surface area contributed by atoms with E-state index in [9.17, 15) is 0 Å². The highest BCUT2D eigenvalue weighted by Crippen LogP contribution is 2.40. The zero-order valence-corrected chi connectivity index (χ0v) is 12.9. The van der Waals surface area contributed by atoms with Crippen LogP contribution in [-0.2, 0) is 11.3 Å². The molecule has 2 atom stereocenters. The summed E-state index contributed by atoms with van der Waals surface area (Å²) >= 11 is 0. The molecule has 0 aromatic heterocycles. The second-order valence-electron chi connectivity index (χ2n) is 5.86. The molecular weight excluding hydrogens is 270 g/mol. The van der Waals surface area contributed by atoms with Gasteiger partial charge in [-0.3, -0.25) is 0 Å². The van der Waals surface area contributed by atoms with Crippen molar-refractivity contribution in [3.05, 3.63) is 17.7 Å². The third-order valence-corrected chi connectivity index (χ3v) is 4.47. The van der Waals surface area contributed by atoms with Gasteiger partial charge in [-0.05, 0) is 38.0 Å². The van der Waals surface area contributed by atoms with E-state index >= 15 is 0 Å². The number of hydrogen-bond donors (Lipinski definition) is 1. The average molecular weight is 293 g/mol. The van der Waals surface area contributed by atoms with Crippen molar-refractivity contribution in [1.29, 1.82) is 0 Å². The number of methoxy groups -OCH3 is 1. The van der Waals surface area contributed by atoms with Crippen LogP contribution < -0.4 is 19.5 Å². The summed E-state index contributed by atoms with van der Waals surface area (Å²) in [5.74, 6) is 2.19. The molecule has 1 fully saturated rings. The fraction of sp³-hybridized carbons (Fsp3) is 0.625. The highest BCUT2D eigenvalue weighted by Gasteiger charge is 2.36. The number of hydrogen-bond acceptors (Lipinski definition) is 5. The van der Waals surface area contributed by atoms with E-state index in [4.69, 9.17) is 18.9 Å². The molecular formula is C16H23NO4. The van der Waals surface area contributed by atoms with Crippen molar-refractivity contribution in [3.8, 4) is 17.2 Å². The standard InChI is InChI=1S/C16H23NO4/c1-11-16(2,4-5-19-11)17-10-12-8-13(18-3)15-14(9-12)20-6-7-21-15/h8-9,11,17H,4-7,10H2,1-3H3. The van der Waals surface area contributed by atoms with Crippen LogP contribution in [0.15, 0.2) is 12.1 Å². The van der Waals surface area contributed by atoms with Gasteiger partial charge in [0.25, 0.3) is 0 Å². The van der Waals surface area contributed by atoms with E-state index in [0.717, 1.165) is 36.6 Å². The first-order chi connectivity index (χ1) is 10.1. The lowest BCUT2D eigenvalue weighted by molar-refractivity contribution is 0.0881. The largest absolute Gasteiger partial charge is 0.493 e. The van der Waals surface area contributed by atoms with E-state index in [0.29, 0.717) is 19.0 Å². The first-order valence-electron chi connectivity index (χ1n) is 7.45. The second-order valence-corrected chi connectivity index (χ2v) is 5.86. The third kappa shape index (κ3) is 2.80. The SMILES string of the molecule is COc1cc(CNC2(C)CCOC2C)cc2c1OCCO2. The van der Waals surface area contributed by atoms with Gasteiger partial charge in [0.15, 0.2) is 11.5 Å². The van der Waals surface area contributed by atoms with Crippen LogP contribution in [0.2, 0.25) is 0 Å². The van der Waals surface area contributed by atoms with Crippen LogP contribution >= 0.6 is 0 Å². The van der Waals surface area contributed by atoms with E-state index in [1.807, 2.05) is 12.1 Å². The number of ether oxygens (including phenoxy) is 4. The Bertz CT molecular complexity index is 502. The van der Waals surface area contributed by atoms with Crippen LogP contribution in [0.4, 0.5) is 0 Å². The molecule has 1 aromatic carbocycles. The molecule has 2 aliphatic heterocycles. The lowest BCUT2D eigenvalue weighted by Gasteiger charge is -2.29. The summed E-state index contributed by atoms with van der Waals surface area (Å²) in [6, 6.07) is 4.03. The maximum atomic E-state index is 5.67. The lowest BCUT2D eigenvalue weighted by Crippen LogP contribution is -2.47. The molecule has 0 aliphatic carbocycles. The smallest absolute Gasteiger partial charge is 0.203 e. The summed E-state index contributed by atoms with van der Waals surface area (Å²) in [5.41, 5.74) is 1.14. The van der Waals surface area contributed by atoms with Crippen LogP contribution in [0.3, 0.4) is 0 Å². The zero-order valence-electron chi connectivity index (χ0n) is 12.9. The Hall–Kier alpha value is -1.46. The quantitative estimate of drug-likeness (QED) is 0.921. The topological polar surface area (TPSA) is 49.0 Å². The number of fused-ring (bicyclic) bond motifs is 1. The highest BCUT2D eigenvalue weighted by atomic mass is 16.6. The van der Waals surface area contributed by atoms with Gasteiger partial charge in [-0.1, -0.05) is 0 Å². The minimum absolute atomic E-state index is 0.0144. The number of benzene rings is 1. The van der Waals surface area contributed by atoms with Gasteiger partial charge in [-0.2, -0.15) is 0 Å². The summed E-state index contributed by atoms with van der Waals surface area (Å²) in [7, 11) is 1.65. The normalized spacial score (nSPS) is 27.7. The van der Waals surface area contributed by atoms with Crippen molar-refractivity contribution in [2.45, 2.75) is 38.5 Å². The maximum absolute atomic E-state index is 5.67. The maximum Gasteiger partial charge on any atom is 0.203 e. The zero-order chi connectivity index (χ0) is 14.9. The molecule has 5 nitrogen and oxygen atoms in total. The van der Waals surface area contributed by atoms with Gasteiger partial charge in [0.1, 0.15) is 13.2 Å². The van der Waals surface area contributed by atoms with Gasteiger partial charge in [-0.15, -0.1) is 0 Å². The lowest BCUT2D eigenvalue weighted by atomic mass is 9.94. The summed E-state index contributed by atoms with van der Waals surface area (Å²) in [4.78, 5) is 0. The molecule has 2 aliphatic rings.